The van der Waals surface area contributed by atoms with E-state index in [0.29, 0.717) is 45.4 Å². The molecule has 0 aliphatic rings. The molecule has 64 heavy (non-hydrogen) atoms. The summed E-state index contributed by atoms with van der Waals surface area (Å²) >= 11 is 0. The molecule has 5 aromatic carbocycles. The first-order valence-electron chi connectivity index (χ1n) is 25.7. The summed E-state index contributed by atoms with van der Waals surface area (Å²) in [4.78, 5) is 50.6. The largest absolute Gasteiger partial charge is 0.494 e. The van der Waals surface area contributed by atoms with Crippen molar-refractivity contribution in [1.29, 1.82) is 0 Å². The number of hydrogen-bond acceptors (Lipinski definition) is 6. The van der Waals surface area contributed by atoms with Crippen LogP contribution in [0.25, 0.3) is 64.6 Å². The van der Waals surface area contributed by atoms with Gasteiger partial charge in [-0.2, -0.15) is 0 Å². The molecule has 0 saturated carbocycles. The molecule has 8 heteroatoms. The van der Waals surface area contributed by atoms with Crippen LogP contribution in [0.1, 0.15) is 195 Å². The van der Waals surface area contributed by atoms with Crippen molar-refractivity contribution in [1.82, 2.24) is 9.13 Å². The van der Waals surface area contributed by atoms with E-state index in [1.54, 1.807) is 9.13 Å². The molecule has 0 saturated heterocycles. The Balaban J connectivity index is 1.55. The Morgan fingerprint density at radius 1 is 0.469 bits per heavy atom. The summed E-state index contributed by atoms with van der Waals surface area (Å²) in [6.07, 6.45) is 22.6. The minimum Gasteiger partial charge on any atom is -0.494 e. The lowest BCUT2D eigenvalue weighted by molar-refractivity contribution is 0.334. The Morgan fingerprint density at radius 3 is 1.45 bits per heavy atom. The monoisotopic (exact) mass is 869 g/mol. The SMILES string of the molecule is CCCCCCC(CCCCCC)n1c(O)c2ccc3c4ccc5c(=O)n(C(CCCCCC)CCCCCC)c(=O)c6c(NCCC)cc(c7cc(=NCCC)c(c1=O)c2c37)c4c56. The zero-order valence-corrected chi connectivity index (χ0v) is 40.1. The molecule has 0 atom stereocenters. The molecule has 0 amide bonds. The van der Waals surface area contributed by atoms with Gasteiger partial charge in [0.15, 0.2) is 0 Å². The average molecular weight is 869 g/mol. The fraction of sp³-hybridized carbons (Fsp3) is 0.571. The quantitative estimate of drug-likeness (QED) is 0.0304. The van der Waals surface area contributed by atoms with Crippen molar-refractivity contribution in [2.24, 2.45) is 4.99 Å². The van der Waals surface area contributed by atoms with E-state index in [1.807, 2.05) is 12.1 Å². The highest BCUT2D eigenvalue weighted by molar-refractivity contribution is 6.40. The van der Waals surface area contributed by atoms with Gasteiger partial charge in [-0.25, -0.2) is 0 Å². The first-order chi connectivity index (χ1) is 31.3. The molecule has 2 heterocycles. The molecule has 0 bridgehead atoms. The van der Waals surface area contributed by atoms with E-state index >= 15 is 9.59 Å². The summed E-state index contributed by atoms with van der Waals surface area (Å²) in [6, 6.07) is 12.0. The van der Waals surface area contributed by atoms with Crippen LogP contribution in [0.5, 0.6) is 5.88 Å². The van der Waals surface area contributed by atoms with Crippen molar-refractivity contribution < 1.29 is 5.11 Å². The molecular weight excluding hydrogens is 793 g/mol. The molecule has 0 radical (unpaired) electrons. The van der Waals surface area contributed by atoms with Crippen LogP contribution < -0.4 is 27.4 Å². The third kappa shape index (κ3) is 9.09. The van der Waals surface area contributed by atoms with Crippen LogP contribution in [0.3, 0.4) is 0 Å². The Labute approximate surface area is 380 Å². The van der Waals surface area contributed by atoms with E-state index < -0.39 is 0 Å². The van der Waals surface area contributed by atoms with Crippen molar-refractivity contribution in [3.63, 3.8) is 0 Å². The third-order valence-corrected chi connectivity index (χ3v) is 14.3. The molecule has 7 aromatic rings. The Bertz CT molecular complexity index is 2870. The van der Waals surface area contributed by atoms with Crippen molar-refractivity contribution in [3.05, 3.63) is 72.8 Å². The summed E-state index contributed by atoms with van der Waals surface area (Å²) < 4.78 is 3.36. The molecule has 344 valence electrons. The maximum atomic E-state index is 15.2. The van der Waals surface area contributed by atoms with E-state index in [1.165, 1.54) is 0 Å². The number of fused-ring (bicyclic) bond motifs is 2. The molecule has 0 fully saturated rings. The predicted octanol–water partition coefficient (Wildman–Crippen LogP) is 14.4. The number of rotatable bonds is 27. The van der Waals surface area contributed by atoms with Gasteiger partial charge < -0.3 is 10.4 Å². The lowest BCUT2D eigenvalue weighted by Gasteiger charge is -2.25. The van der Waals surface area contributed by atoms with Gasteiger partial charge in [-0.3, -0.25) is 28.5 Å². The standard InChI is InChI=1S/C56H76N4O4/c1-7-13-17-21-25-37(26-22-18-14-8-2)59-53(61)41-31-29-39-40-30-32-42-50-48(40)44(43-35-45(57-33-11-5)51(55(59)63)49(41)47(39)43)36-46(58-34-12-6)52(50)56(64)60(54(42)62)38(27-23-19-15-9-3)28-24-20-16-10-4/h29-32,35-38,57,62H,7-28,33-34H2,1-6H3. The van der Waals surface area contributed by atoms with Crippen LogP contribution >= 0.6 is 0 Å². The maximum absolute atomic E-state index is 15.2. The number of aromatic hydroxyl groups is 1. The van der Waals surface area contributed by atoms with Crippen LogP contribution in [0.15, 0.2) is 55.8 Å². The second kappa shape index (κ2) is 22.0. The summed E-state index contributed by atoms with van der Waals surface area (Å²) in [5.41, 5.74) is 0.172. The molecule has 0 aliphatic carbocycles. The first kappa shape index (κ1) is 47.2. The van der Waals surface area contributed by atoms with Crippen LogP contribution in [-0.2, 0) is 0 Å². The van der Waals surface area contributed by atoms with E-state index in [9.17, 15) is 9.90 Å². The molecule has 2 aromatic heterocycles. The van der Waals surface area contributed by atoms with Gasteiger partial charge in [0.1, 0.15) is 0 Å². The third-order valence-electron chi connectivity index (χ3n) is 14.3. The zero-order chi connectivity index (χ0) is 45.3. The van der Waals surface area contributed by atoms with Gasteiger partial charge >= 0.3 is 0 Å². The Hall–Kier alpha value is -4.72. The van der Waals surface area contributed by atoms with Gasteiger partial charge in [0.2, 0.25) is 5.88 Å². The molecular formula is C56H76N4O4. The number of unbranched alkanes of at least 4 members (excludes halogenated alkanes) is 12. The van der Waals surface area contributed by atoms with Crippen molar-refractivity contribution >= 4 is 70.3 Å². The van der Waals surface area contributed by atoms with Gasteiger partial charge in [-0.05, 0) is 95.1 Å². The molecule has 0 unspecified atom stereocenters. The number of hydrogen-bond donors (Lipinski definition) is 2. The van der Waals surface area contributed by atoms with Gasteiger partial charge in [-0.1, -0.05) is 156 Å². The van der Waals surface area contributed by atoms with Gasteiger partial charge in [0.25, 0.3) is 16.7 Å². The normalized spacial score (nSPS) is 12.8. The predicted molar refractivity (Wildman–Crippen MR) is 274 cm³/mol. The Kier molecular flexibility index (Phi) is 16.2. The molecule has 8 nitrogen and oxygen atoms in total. The van der Waals surface area contributed by atoms with Crippen LogP contribution in [0.4, 0.5) is 5.69 Å². The minimum atomic E-state index is -0.199. The van der Waals surface area contributed by atoms with Crippen molar-refractivity contribution in [2.45, 2.75) is 195 Å². The summed E-state index contributed by atoms with van der Waals surface area (Å²) in [5.74, 6) is 0.0372. The van der Waals surface area contributed by atoms with E-state index in [2.05, 4.69) is 71.1 Å². The molecule has 0 spiro atoms. The number of nitrogens with zero attached hydrogens (tertiary/aromatic N) is 3. The smallest absolute Gasteiger partial charge is 0.263 e. The summed E-state index contributed by atoms with van der Waals surface area (Å²) in [7, 11) is 0. The van der Waals surface area contributed by atoms with E-state index in [-0.39, 0.29) is 34.6 Å². The number of nitrogens with one attached hydrogen (secondary N) is 1. The zero-order valence-electron chi connectivity index (χ0n) is 40.1. The highest BCUT2D eigenvalue weighted by atomic mass is 16.3. The maximum Gasteiger partial charge on any atom is 0.263 e. The lowest BCUT2D eigenvalue weighted by Crippen LogP contribution is -2.37. The Morgan fingerprint density at radius 2 is 0.938 bits per heavy atom. The molecule has 7 rings (SSSR count). The molecule has 2 N–H and O–H groups in total. The molecule has 0 aliphatic heterocycles. The van der Waals surface area contributed by atoms with Crippen LogP contribution in [0, 0.1) is 0 Å². The highest BCUT2D eigenvalue weighted by Crippen LogP contribution is 2.47. The summed E-state index contributed by atoms with van der Waals surface area (Å²) in [6.45, 7) is 14.3. The number of aromatic nitrogens is 2. The first-order valence-corrected chi connectivity index (χ1v) is 25.7. The number of anilines is 1. The second-order valence-electron chi connectivity index (χ2n) is 19.0. The van der Waals surface area contributed by atoms with Gasteiger partial charge in [0.05, 0.1) is 16.1 Å². The van der Waals surface area contributed by atoms with Gasteiger partial charge in [0, 0.05) is 52.4 Å². The fourth-order valence-corrected chi connectivity index (χ4v) is 10.9. The minimum absolute atomic E-state index is 0.0372. The fourth-order valence-electron chi connectivity index (χ4n) is 10.9. The van der Waals surface area contributed by atoms with Gasteiger partial charge in [-0.15, -0.1) is 0 Å². The summed E-state index contributed by atoms with van der Waals surface area (Å²) in [5, 5.41) is 26.1. The lowest BCUT2D eigenvalue weighted by atomic mass is 9.85. The van der Waals surface area contributed by atoms with Crippen LogP contribution in [-0.4, -0.2) is 27.3 Å². The van der Waals surface area contributed by atoms with E-state index in [4.69, 9.17) is 4.99 Å². The van der Waals surface area contributed by atoms with E-state index in [0.717, 1.165) is 185 Å². The van der Waals surface area contributed by atoms with Crippen molar-refractivity contribution in [3.8, 4) is 5.88 Å². The number of benzene rings is 5. The second-order valence-corrected chi connectivity index (χ2v) is 19.0. The van der Waals surface area contributed by atoms with Crippen molar-refractivity contribution in [2.75, 3.05) is 18.4 Å². The average Bonchev–Trinajstić information content (AvgIpc) is 3.30. The topological polar surface area (TPSA) is 106 Å². The van der Waals surface area contributed by atoms with Crippen LogP contribution in [0.2, 0.25) is 0 Å². The number of pyridine rings is 2. The highest BCUT2D eigenvalue weighted by Gasteiger charge is 2.29.